The van der Waals surface area contributed by atoms with E-state index in [0.29, 0.717) is 5.69 Å². The number of carbonyl (C=O) groups excluding carboxylic acids is 1. The van der Waals surface area contributed by atoms with Crippen LogP contribution in [0.4, 0.5) is 18.9 Å². The standard InChI is InChI=1S/C17H16F3N3O3S/c1-23(27(2,25)26)14-9-7-12(8-10-14)16(24)22-21-11-13-5-3-4-6-15(13)17(18,19)20/h3-11H,1-2H3,(H,22,24)/b21-11-. The fraction of sp³-hybridized carbons (Fsp3) is 0.176. The van der Waals surface area contributed by atoms with Crippen molar-refractivity contribution in [3.63, 3.8) is 0 Å². The molecule has 0 aromatic heterocycles. The zero-order valence-electron chi connectivity index (χ0n) is 14.4. The molecule has 2 aromatic carbocycles. The smallest absolute Gasteiger partial charge is 0.274 e. The molecule has 0 fully saturated rings. The summed E-state index contributed by atoms with van der Waals surface area (Å²) >= 11 is 0. The Balaban J connectivity index is 2.10. The van der Waals surface area contributed by atoms with Gasteiger partial charge >= 0.3 is 6.18 Å². The Morgan fingerprint density at radius 1 is 1.11 bits per heavy atom. The molecule has 0 heterocycles. The summed E-state index contributed by atoms with van der Waals surface area (Å²) < 4.78 is 62.7. The van der Waals surface area contributed by atoms with Gasteiger partial charge in [-0.15, -0.1) is 0 Å². The molecule has 1 amide bonds. The third kappa shape index (κ3) is 5.30. The first-order valence-corrected chi connectivity index (χ1v) is 9.38. The largest absolute Gasteiger partial charge is 0.417 e. The average Bonchev–Trinajstić information content (AvgIpc) is 2.60. The van der Waals surface area contributed by atoms with E-state index in [-0.39, 0.29) is 11.1 Å². The fourth-order valence-electron chi connectivity index (χ4n) is 2.11. The van der Waals surface area contributed by atoms with Gasteiger partial charge in [0.2, 0.25) is 10.0 Å². The number of carbonyl (C=O) groups is 1. The minimum Gasteiger partial charge on any atom is -0.274 e. The Hall–Kier alpha value is -2.88. The zero-order chi connectivity index (χ0) is 20.2. The van der Waals surface area contributed by atoms with Gasteiger partial charge in [-0.2, -0.15) is 18.3 Å². The van der Waals surface area contributed by atoms with E-state index in [0.717, 1.165) is 22.8 Å². The van der Waals surface area contributed by atoms with Crippen LogP contribution in [0.3, 0.4) is 0 Å². The molecule has 0 atom stereocenters. The normalized spacial score (nSPS) is 12.2. The molecule has 144 valence electrons. The molecule has 0 aliphatic carbocycles. The van der Waals surface area contributed by atoms with Crippen LogP contribution in [0.2, 0.25) is 0 Å². The maximum atomic E-state index is 12.9. The summed E-state index contributed by atoms with van der Waals surface area (Å²) in [6.07, 6.45) is -2.58. The molecule has 6 nitrogen and oxygen atoms in total. The summed E-state index contributed by atoms with van der Waals surface area (Å²) in [4.78, 5) is 12.0. The number of sulfonamides is 1. The zero-order valence-corrected chi connectivity index (χ0v) is 15.2. The number of alkyl halides is 3. The molecule has 0 bridgehead atoms. The maximum Gasteiger partial charge on any atom is 0.417 e. The minimum absolute atomic E-state index is 0.168. The number of halogens is 3. The number of anilines is 1. The van der Waals surface area contributed by atoms with E-state index in [1.54, 1.807) is 0 Å². The highest BCUT2D eigenvalue weighted by Gasteiger charge is 2.32. The predicted molar refractivity (Wildman–Crippen MR) is 96.2 cm³/mol. The number of benzene rings is 2. The van der Waals surface area contributed by atoms with Crippen LogP contribution in [-0.2, 0) is 16.2 Å². The van der Waals surface area contributed by atoms with Crippen molar-refractivity contribution >= 4 is 27.8 Å². The van der Waals surface area contributed by atoms with Crippen LogP contribution < -0.4 is 9.73 Å². The van der Waals surface area contributed by atoms with Crippen LogP contribution in [0.25, 0.3) is 0 Å². The van der Waals surface area contributed by atoms with Crippen LogP contribution in [0.5, 0.6) is 0 Å². The van der Waals surface area contributed by atoms with Crippen LogP contribution >= 0.6 is 0 Å². The van der Waals surface area contributed by atoms with Gasteiger partial charge in [-0.25, -0.2) is 13.8 Å². The molecule has 2 rings (SSSR count). The Morgan fingerprint density at radius 3 is 2.26 bits per heavy atom. The van der Waals surface area contributed by atoms with E-state index in [1.807, 2.05) is 0 Å². The lowest BCUT2D eigenvalue weighted by Gasteiger charge is -2.16. The molecule has 0 unspecified atom stereocenters. The van der Waals surface area contributed by atoms with Gasteiger partial charge in [0.15, 0.2) is 0 Å². The second kappa shape index (κ2) is 7.78. The van der Waals surface area contributed by atoms with Crippen LogP contribution in [0.15, 0.2) is 53.6 Å². The highest BCUT2D eigenvalue weighted by molar-refractivity contribution is 7.92. The Labute approximate surface area is 154 Å². The van der Waals surface area contributed by atoms with Crippen molar-refractivity contribution in [3.05, 3.63) is 65.2 Å². The molecule has 0 saturated carbocycles. The van der Waals surface area contributed by atoms with Crippen LogP contribution in [0.1, 0.15) is 21.5 Å². The number of amides is 1. The first-order valence-electron chi connectivity index (χ1n) is 7.54. The topological polar surface area (TPSA) is 78.8 Å². The van der Waals surface area contributed by atoms with Crippen molar-refractivity contribution < 1.29 is 26.4 Å². The van der Waals surface area contributed by atoms with Gasteiger partial charge in [0.25, 0.3) is 5.91 Å². The first kappa shape index (κ1) is 20.4. The molecule has 0 aliphatic heterocycles. The highest BCUT2D eigenvalue weighted by atomic mass is 32.2. The quantitative estimate of drug-likeness (QED) is 0.620. The van der Waals surface area contributed by atoms with Crippen molar-refractivity contribution in [3.8, 4) is 0 Å². The first-order chi connectivity index (χ1) is 12.5. The second-order valence-corrected chi connectivity index (χ2v) is 7.58. The molecule has 1 N–H and O–H groups in total. The molecule has 10 heteroatoms. The second-order valence-electron chi connectivity index (χ2n) is 5.56. The highest BCUT2D eigenvalue weighted by Crippen LogP contribution is 2.31. The summed E-state index contributed by atoms with van der Waals surface area (Å²) in [5.41, 5.74) is 1.61. The van der Waals surface area contributed by atoms with Gasteiger partial charge in [0.05, 0.1) is 23.7 Å². The minimum atomic E-state index is -4.53. The van der Waals surface area contributed by atoms with Gasteiger partial charge < -0.3 is 0 Å². The lowest BCUT2D eigenvalue weighted by molar-refractivity contribution is -0.137. The van der Waals surface area contributed by atoms with Crippen LogP contribution in [-0.4, -0.2) is 33.8 Å². The summed E-state index contributed by atoms with van der Waals surface area (Å²) in [7, 11) is -2.06. The lowest BCUT2D eigenvalue weighted by atomic mass is 10.1. The van der Waals surface area contributed by atoms with Gasteiger partial charge in [-0.1, -0.05) is 18.2 Å². The van der Waals surface area contributed by atoms with Crippen LogP contribution in [0, 0.1) is 0 Å². The number of hydrogen-bond donors (Lipinski definition) is 1. The van der Waals surface area contributed by atoms with E-state index in [4.69, 9.17) is 0 Å². The van der Waals surface area contributed by atoms with Crippen molar-refractivity contribution in [1.29, 1.82) is 0 Å². The van der Waals surface area contributed by atoms with E-state index in [9.17, 15) is 26.4 Å². The van der Waals surface area contributed by atoms with Gasteiger partial charge in [0.1, 0.15) is 0 Å². The van der Waals surface area contributed by atoms with Crippen molar-refractivity contribution in [1.82, 2.24) is 5.43 Å². The third-order valence-corrected chi connectivity index (χ3v) is 4.83. The molecule has 0 saturated heterocycles. The number of hydrazone groups is 1. The molecule has 0 spiro atoms. The van der Waals surface area contributed by atoms with Crippen molar-refractivity contribution in [2.75, 3.05) is 17.6 Å². The molecular weight excluding hydrogens is 383 g/mol. The van der Waals surface area contributed by atoms with Crippen molar-refractivity contribution in [2.24, 2.45) is 5.10 Å². The molecule has 0 aliphatic rings. The average molecular weight is 399 g/mol. The Bertz CT molecular complexity index is 955. The monoisotopic (exact) mass is 399 g/mol. The number of nitrogens with zero attached hydrogens (tertiary/aromatic N) is 2. The van der Waals surface area contributed by atoms with Crippen molar-refractivity contribution in [2.45, 2.75) is 6.18 Å². The van der Waals surface area contributed by atoms with Gasteiger partial charge in [0, 0.05) is 18.2 Å². The Morgan fingerprint density at radius 2 is 1.70 bits per heavy atom. The third-order valence-electron chi connectivity index (χ3n) is 3.63. The summed E-state index contributed by atoms with van der Waals surface area (Å²) in [6, 6.07) is 10.5. The summed E-state index contributed by atoms with van der Waals surface area (Å²) in [6.45, 7) is 0. The van der Waals surface area contributed by atoms with Gasteiger partial charge in [-0.05, 0) is 30.3 Å². The number of hydrogen-bond acceptors (Lipinski definition) is 4. The van der Waals surface area contributed by atoms with E-state index in [2.05, 4.69) is 10.5 Å². The van der Waals surface area contributed by atoms with Gasteiger partial charge in [-0.3, -0.25) is 9.10 Å². The maximum absolute atomic E-state index is 12.9. The fourth-order valence-corrected chi connectivity index (χ4v) is 2.61. The predicted octanol–water partition coefficient (Wildman–Crippen LogP) is 2.87. The molecule has 27 heavy (non-hydrogen) atoms. The lowest BCUT2D eigenvalue weighted by Crippen LogP contribution is -2.25. The SMILES string of the molecule is CN(c1ccc(C(=O)N/N=C\c2ccccc2C(F)(F)F)cc1)S(C)(=O)=O. The summed E-state index contributed by atoms with van der Waals surface area (Å²) in [5, 5.41) is 3.56. The Kier molecular flexibility index (Phi) is 5.89. The molecular formula is C17H16F3N3O3S. The van der Waals surface area contributed by atoms with E-state index < -0.39 is 27.7 Å². The number of rotatable bonds is 5. The molecule has 2 aromatic rings. The number of nitrogens with one attached hydrogen (secondary N) is 1. The van der Waals surface area contributed by atoms with E-state index in [1.165, 1.54) is 49.5 Å². The molecule has 0 radical (unpaired) electrons. The summed E-state index contributed by atoms with van der Waals surface area (Å²) in [5.74, 6) is -0.649. The van der Waals surface area contributed by atoms with E-state index >= 15 is 0 Å².